The van der Waals surface area contributed by atoms with Crippen LogP contribution in [0, 0.1) is 23.7 Å². The number of carbonyl (C=O) groups excluding carboxylic acids is 4. The molecular weight excluding hydrogens is 833 g/mol. The minimum atomic E-state index is -0.653. The molecule has 4 aliphatic rings. The SMILES string of the molecule is COC(=O)N(C)[C@H](C(=O)N1[C@H](c2nc3ccc(-c4ccc5cc(-c6ccc7nc([C@@H]8C[C@H]9C[C@@]9(C)N8C(=O)[C@H](C(C)C)N(C)C(=O)OC)[nH]c7c6)ccc5c4)cc3[nH]2)C[C@H]2C[C@]21C)C(C)C. The molecule has 4 amide bonds. The van der Waals surface area contributed by atoms with Crippen molar-refractivity contribution < 1.29 is 28.7 Å². The molecule has 4 heterocycles. The van der Waals surface area contributed by atoms with Crippen molar-refractivity contribution in [3.05, 3.63) is 84.4 Å². The molecule has 344 valence electrons. The van der Waals surface area contributed by atoms with E-state index in [1.54, 1.807) is 14.1 Å². The van der Waals surface area contributed by atoms with Crippen molar-refractivity contribution in [1.82, 2.24) is 39.5 Å². The fourth-order valence-electron chi connectivity index (χ4n) is 11.8. The third-order valence-electron chi connectivity index (χ3n) is 15.6. The van der Waals surface area contributed by atoms with Crippen LogP contribution in [0.25, 0.3) is 55.1 Å². The van der Waals surface area contributed by atoms with Gasteiger partial charge >= 0.3 is 12.2 Å². The van der Waals surface area contributed by atoms with Crippen molar-refractivity contribution in [2.45, 2.75) is 102 Å². The maximum Gasteiger partial charge on any atom is 0.409 e. The zero-order valence-corrected chi connectivity index (χ0v) is 39.5. The first-order chi connectivity index (χ1) is 31.4. The minimum Gasteiger partial charge on any atom is -0.453 e. The molecule has 0 bridgehead atoms. The van der Waals surface area contributed by atoms with Crippen LogP contribution in [0.1, 0.15) is 91.0 Å². The maximum atomic E-state index is 14.4. The number of aromatic nitrogens is 4. The number of piperidine rings is 2. The molecular formula is C52H60N8O6. The van der Waals surface area contributed by atoms with E-state index in [0.717, 1.165) is 92.4 Å². The van der Waals surface area contributed by atoms with E-state index in [1.165, 1.54) is 24.0 Å². The third kappa shape index (κ3) is 6.88. The summed E-state index contributed by atoms with van der Waals surface area (Å²) in [6, 6.07) is 23.8. The summed E-state index contributed by atoms with van der Waals surface area (Å²) in [4.78, 5) is 78.0. The van der Waals surface area contributed by atoms with Crippen molar-refractivity contribution >= 4 is 56.8 Å². The molecule has 6 aromatic rings. The van der Waals surface area contributed by atoms with Crippen molar-refractivity contribution in [1.29, 1.82) is 0 Å². The molecule has 66 heavy (non-hydrogen) atoms. The van der Waals surface area contributed by atoms with Crippen molar-refractivity contribution in [3.8, 4) is 22.3 Å². The molecule has 10 rings (SSSR count). The topological polar surface area (TPSA) is 157 Å². The van der Waals surface area contributed by atoms with Gasteiger partial charge in [0.1, 0.15) is 23.7 Å². The van der Waals surface area contributed by atoms with Crippen LogP contribution in [0.5, 0.6) is 0 Å². The highest BCUT2D eigenvalue weighted by Gasteiger charge is 2.66. The monoisotopic (exact) mass is 892 g/mol. The lowest BCUT2D eigenvalue weighted by Gasteiger charge is -2.38. The van der Waals surface area contributed by atoms with Gasteiger partial charge in [0.15, 0.2) is 0 Å². The predicted molar refractivity (Wildman–Crippen MR) is 253 cm³/mol. The van der Waals surface area contributed by atoms with Crippen molar-refractivity contribution in [2.75, 3.05) is 28.3 Å². The summed E-state index contributed by atoms with van der Waals surface area (Å²) >= 11 is 0. The van der Waals surface area contributed by atoms with Crippen LogP contribution >= 0.6 is 0 Å². The van der Waals surface area contributed by atoms with E-state index in [9.17, 15) is 19.2 Å². The highest BCUT2D eigenvalue weighted by Crippen LogP contribution is 2.63. The summed E-state index contributed by atoms with van der Waals surface area (Å²) in [5, 5.41) is 2.23. The van der Waals surface area contributed by atoms with E-state index in [4.69, 9.17) is 19.4 Å². The maximum absolute atomic E-state index is 14.4. The second-order valence-corrected chi connectivity index (χ2v) is 20.5. The number of fused-ring (bicyclic) bond motifs is 5. The lowest BCUT2D eigenvalue weighted by Crippen LogP contribution is -2.54. The first-order valence-electron chi connectivity index (χ1n) is 23.3. The van der Waals surface area contributed by atoms with Gasteiger partial charge in [-0.05, 0) is 133 Å². The number of nitrogens with zero attached hydrogens (tertiary/aromatic N) is 6. The van der Waals surface area contributed by atoms with Crippen LogP contribution in [0.2, 0.25) is 0 Å². The Bertz CT molecular complexity index is 2760. The van der Waals surface area contributed by atoms with Gasteiger partial charge in [0.2, 0.25) is 11.8 Å². The Morgan fingerprint density at radius 2 is 0.970 bits per heavy atom. The average Bonchev–Trinajstić information content (AvgIpc) is 3.77. The van der Waals surface area contributed by atoms with Gasteiger partial charge in [-0.3, -0.25) is 19.4 Å². The first-order valence-corrected chi connectivity index (χ1v) is 23.3. The number of H-pyrrole nitrogens is 2. The standard InChI is InChI=1S/C52H60N8O6/c1-27(2)43(57(7)49(63)65-9)47(61)59-41(23-35-25-51(35,59)5)45-53-37-17-15-33(21-39(37)55-45)31-13-11-30-20-32(14-12-29(30)19-31)34-16-18-38-40(22-34)56-46(54-38)42-24-36-26-52(36,6)60(42)48(62)44(28(3)4)58(8)50(64)66-10/h11-22,27-28,35-36,41-44H,23-26H2,1-10H3,(H,53,55)(H,54,56)/t35-,36-,41-,42-,43-,44-,51+,52+/m0/s1. The zero-order chi connectivity index (χ0) is 46.7. The van der Waals surface area contributed by atoms with Gasteiger partial charge in [0.05, 0.1) is 48.4 Å². The molecule has 0 spiro atoms. The first kappa shape index (κ1) is 43.5. The van der Waals surface area contributed by atoms with Gasteiger partial charge < -0.3 is 29.2 Å². The average molecular weight is 893 g/mol. The Morgan fingerprint density at radius 3 is 1.33 bits per heavy atom. The van der Waals surface area contributed by atoms with Gasteiger partial charge in [0, 0.05) is 25.2 Å². The van der Waals surface area contributed by atoms with E-state index in [1.807, 2.05) is 49.6 Å². The number of imidazole rings is 2. The van der Waals surface area contributed by atoms with Crippen LogP contribution in [0.3, 0.4) is 0 Å². The largest absolute Gasteiger partial charge is 0.453 e. The van der Waals surface area contributed by atoms with Crippen LogP contribution in [-0.4, -0.2) is 115 Å². The summed E-state index contributed by atoms with van der Waals surface area (Å²) < 4.78 is 10.0. The molecule has 2 aliphatic carbocycles. The molecule has 2 N–H and O–H groups in total. The van der Waals surface area contributed by atoms with Gasteiger partial charge in [-0.15, -0.1) is 0 Å². The molecule has 4 aromatic carbocycles. The molecule has 2 saturated carbocycles. The quantitative estimate of drug-likeness (QED) is 0.138. The summed E-state index contributed by atoms with van der Waals surface area (Å²) in [5.41, 5.74) is 7.25. The lowest BCUT2D eigenvalue weighted by atomic mass is 9.97. The number of hydrogen-bond donors (Lipinski definition) is 2. The van der Waals surface area contributed by atoms with Crippen LogP contribution in [0.4, 0.5) is 9.59 Å². The van der Waals surface area contributed by atoms with Gasteiger partial charge in [-0.2, -0.15) is 0 Å². The Labute approximate surface area is 385 Å². The second-order valence-electron chi connectivity index (χ2n) is 20.5. The van der Waals surface area contributed by atoms with Crippen LogP contribution in [-0.2, 0) is 19.1 Å². The molecule has 14 nitrogen and oxygen atoms in total. The number of likely N-dealkylation sites (tertiary alicyclic amines) is 2. The number of aromatic amines is 2. The molecule has 2 aromatic heterocycles. The van der Waals surface area contributed by atoms with Crippen LogP contribution < -0.4 is 0 Å². The number of rotatable bonds is 10. The van der Waals surface area contributed by atoms with E-state index >= 15 is 0 Å². The van der Waals surface area contributed by atoms with Gasteiger partial charge in [0.25, 0.3) is 0 Å². The number of hydrogen-bond acceptors (Lipinski definition) is 8. The fourth-order valence-corrected chi connectivity index (χ4v) is 11.8. The summed E-state index contributed by atoms with van der Waals surface area (Å²) in [5.74, 6) is 1.96. The minimum absolute atomic E-state index is 0.0725. The summed E-state index contributed by atoms with van der Waals surface area (Å²) in [7, 11) is 5.95. The molecule has 14 heteroatoms. The molecule has 4 fully saturated rings. The van der Waals surface area contributed by atoms with Gasteiger partial charge in [-0.25, -0.2) is 19.6 Å². The molecule has 2 aliphatic heterocycles. The molecule has 8 atom stereocenters. The normalized spacial score (nSPS) is 25.0. The lowest BCUT2D eigenvalue weighted by molar-refractivity contribution is -0.143. The number of likely N-dealkylation sites (N-methyl/N-ethyl adjacent to an activating group) is 2. The van der Waals surface area contributed by atoms with Crippen LogP contribution in [0.15, 0.2) is 72.8 Å². The summed E-state index contributed by atoms with van der Waals surface area (Å²) in [6.07, 6.45) is 2.48. The zero-order valence-electron chi connectivity index (χ0n) is 39.5. The predicted octanol–water partition coefficient (Wildman–Crippen LogP) is 9.48. The number of carbonyl (C=O) groups is 4. The Balaban J connectivity index is 0.884. The second kappa shape index (κ2) is 15.6. The number of amides is 4. The number of methoxy groups -OCH3 is 2. The van der Waals surface area contributed by atoms with E-state index < -0.39 is 24.3 Å². The smallest absolute Gasteiger partial charge is 0.409 e. The number of ether oxygens (including phenoxy) is 2. The highest BCUT2D eigenvalue weighted by atomic mass is 16.5. The number of nitrogens with one attached hydrogen (secondary N) is 2. The summed E-state index contributed by atoms with van der Waals surface area (Å²) in [6.45, 7) is 12.2. The Hall–Kier alpha value is -6.44. The van der Waals surface area contributed by atoms with E-state index in [2.05, 4.69) is 84.5 Å². The van der Waals surface area contributed by atoms with Crippen molar-refractivity contribution in [3.63, 3.8) is 0 Å². The Morgan fingerprint density at radius 1 is 0.606 bits per heavy atom. The van der Waals surface area contributed by atoms with E-state index in [-0.39, 0.29) is 46.8 Å². The molecule has 0 radical (unpaired) electrons. The highest BCUT2D eigenvalue weighted by molar-refractivity contribution is 5.94. The molecule has 2 saturated heterocycles. The van der Waals surface area contributed by atoms with E-state index in [0.29, 0.717) is 11.8 Å². The number of benzene rings is 4. The van der Waals surface area contributed by atoms with Crippen molar-refractivity contribution in [2.24, 2.45) is 23.7 Å². The van der Waals surface area contributed by atoms with Gasteiger partial charge in [-0.1, -0.05) is 64.1 Å². The molecule has 0 unspecified atom stereocenters. The Kier molecular flexibility index (Phi) is 10.3. The third-order valence-corrected chi connectivity index (χ3v) is 15.6. The fraction of sp³-hybridized carbons (Fsp3) is 0.462.